The summed E-state index contributed by atoms with van der Waals surface area (Å²) < 4.78 is 11.7. The lowest BCUT2D eigenvalue weighted by Crippen LogP contribution is -2.14. The maximum absolute atomic E-state index is 10.0. The average Bonchev–Trinajstić information content (AvgIpc) is 3.13. The molecule has 0 amide bonds. The van der Waals surface area contributed by atoms with Crippen molar-refractivity contribution in [2.45, 2.75) is 13.0 Å². The van der Waals surface area contributed by atoms with Crippen molar-refractivity contribution in [2.75, 3.05) is 13.7 Å². The van der Waals surface area contributed by atoms with Crippen LogP contribution in [0.3, 0.4) is 0 Å². The van der Waals surface area contributed by atoms with Gasteiger partial charge in [0, 0.05) is 4.47 Å². The minimum atomic E-state index is -0.532. The van der Waals surface area contributed by atoms with Crippen LogP contribution in [0.15, 0.2) is 40.9 Å². The molecule has 2 aromatic carbocycles. The quantitative estimate of drug-likeness (QED) is 0.566. The van der Waals surface area contributed by atoms with E-state index in [0.29, 0.717) is 35.3 Å². The maximum Gasteiger partial charge on any atom is 0.184 e. The number of H-pyrrole nitrogens is 1. The van der Waals surface area contributed by atoms with Gasteiger partial charge in [0.05, 0.1) is 25.3 Å². The molecule has 1 atom stereocenters. The summed E-state index contributed by atoms with van der Waals surface area (Å²) in [5.74, 6) is 2.20. The van der Waals surface area contributed by atoms with Crippen molar-refractivity contribution in [3.63, 3.8) is 0 Å². The molecule has 0 spiro atoms. The van der Waals surface area contributed by atoms with E-state index in [1.54, 1.807) is 31.4 Å². The van der Waals surface area contributed by atoms with Crippen molar-refractivity contribution in [2.24, 2.45) is 5.73 Å². The van der Waals surface area contributed by atoms with Gasteiger partial charge in [-0.05, 0) is 42.8 Å². The van der Waals surface area contributed by atoms with E-state index in [9.17, 15) is 5.11 Å². The minimum Gasteiger partial charge on any atom is -0.507 e. The number of ether oxygens (including phenoxy) is 2. The fourth-order valence-electron chi connectivity index (χ4n) is 2.53. The molecule has 0 aliphatic rings. The summed E-state index contributed by atoms with van der Waals surface area (Å²) in [6, 6.07) is 10.0. The van der Waals surface area contributed by atoms with E-state index in [0.717, 1.165) is 10.0 Å². The molecule has 3 rings (SSSR count). The molecule has 1 heterocycles. The van der Waals surface area contributed by atoms with Gasteiger partial charge in [0.15, 0.2) is 17.3 Å². The molecule has 0 bridgehead atoms. The van der Waals surface area contributed by atoms with Crippen LogP contribution < -0.4 is 15.2 Å². The Morgan fingerprint density at radius 1 is 1.23 bits per heavy atom. The fraction of sp³-hybridized carbons (Fsp3) is 0.222. The second kappa shape index (κ2) is 7.76. The third-order valence-electron chi connectivity index (χ3n) is 3.84. The molecule has 26 heavy (non-hydrogen) atoms. The van der Waals surface area contributed by atoms with Gasteiger partial charge in [-0.2, -0.15) is 5.10 Å². The van der Waals surface area contributed by atoms with Crippen LogP contribution in [-0.4, -0.2) is 34.0 Å². The van der Waals surface area contributed by atoms with Crippen molar-refractivity contribution >= 4 is 15.9 Å². The lowest BCUT2D eigenvalue weighted by Gasteiger charge is -2.14. The molecule has 1 aromatic heterocycles. The summed E-state index contributed by atoms with van der Waals surface area (Å²) >= 11 is 3.37. The molecule has 0 radical (unpaired) electrons. The lowest BCUT2D eigenvalue weighted by molar-refractivity contribution is 0.310. The molecule has 0 saturated carbocycles. The van der Waals surface area contributed by atoms with E-state index < -0.39 is 6.04 Å². The lowest BCUT2D eigenvalue weighted by atomic mass is 10.1. The first-order valence-electron chi connectivity index (χ1n) is 8.01. The summed E-state index contributed by atoms with van der Waals surface area (Å²) in [6.45, 7) is 2.42. The molecule has 0 saturated heterocycles. The smallest absolute Gasteiger partial charge is 0.184 e. The predicted molar refractivity (Wildman–Crippen MR) is 101 cm³/mol. The van der Waals surface area contributed by atoms with Crippen LogP contribution in [0, 0.1) is 0 Å². The number of aromatic hydroxyl groups is 1. The van der Waals surface area contributed by atoms with Gasteiger partial charge in [0.2, 0.25) is 0 Å². The summed E-state index contributed by atoms with van der Waals surface area (Å²) in [7, 11) is 1.59. The molecule has 136 valence electrons. The molecule has 0 fully saturated rings. The van der Waals surface area contributed by atoms with Crippen molar-refractivity contribution < 1.29 is 14.6 Å². The molecule has 0 aliphatic carbocycles. The predicted octanol–water partition coefficient (Wildman–Crippen LogP) is 3.40. The Kier molecular flexibility index (Phi) is 5.43. The van der Waals surface area contributed by atoms with Crippen molar-refractivity contribution in [1.82, 2.24) is 15.2 Å². The largest absolute Gasteiger partial charge is 0.507 e. The highest BCUT2D eigenvalue weighted by Crippen LogP contribution is 2.33. The SMILES string of the molecule is CCOc1cc([C@@H](N)c2nc(-c3cc(Br)ccc3O)n[nH]2)ccc1OC. The highest BCUT2D eigenvalue weighted by Gasteiger charge is 2.18. The van der Waals surface area contributed by atoms with Crippen molar-refractivity contribution in [3.05, 3.63) is 52.3 Å². The highest BCUT2D eigenvalue weighted by atomic mass is 79.9. The molecule has 0 aliphatic heterocycles. The number of rotatable bonds is 6. The van der Waals surface area contributed by atoms with Gasteiger partial charge in [0.1, 0.15) is 11.6 Å². The zero-order chi connectivity index (χ0) is 18.7. The number of aromatic nitrogens is 3. The van der Waals surface area contributed by atoms with Crippen LogP contribution >= 0.6 is 15.9 Å². The Morgan fingerprint density at radius 3 is 2.77 bits per heavy atom. The van der Waals surface area contributed by atoms with Crippen LogP contribution in [0.2, 0.25) is 0 Å². The van der Waals surface area contributed by atoms with Crippen LogP contribution in [0.4, 0.5) is 0 Å². The van der Waals surface area contributed by atoms with E-state index in [1.165, 1.54) is 0 Å². The van der Waals surface area contributed by atoms with E-state index in [2.05, 4.69) is 31.1 Å². The van der Waals surface area contributed by atoms with Gasteiger partial charge in [-0.15, -0.1) is 0 Å². The first-order chi connectivity index (χ1) is 12.5. The number of benzene rings is 2. The number of hydrogen-bond acceptors (Lipinski definition) is 6. The van der Waals surface area contributed by atoms with Crippen LogP contribution in [0.25, 0.3) is 11.4 Å². The van der Waals surface area contributed by atoms with E-state index in [4.69, 9.17) is 15.2 Å². The number of phenols is 1. The van der Waals surface area contributed by atoms with Gasteiger partial charge in [-0.25, -0.2) is 4.98 Å². The second-order valence-electron chi connectivity index (χ2n) is 5.53. The van der Waals surface area contributed by atoms with Crippen LogP contribution in [-0.2, 0) is 0 Å². The third-order valence-corrected chi connectivity index (χ3v) is 4.34. The Balaban J connectivity index is 1.92. The first-order valence-corrected chi connectivity index (χ1v) is 8.80. The van der Waals surface area contributed by atoms with Crippen LogP contribution in [0.1, 0.15) is 24.4 Å². The number of methoxy groups -OCH3 is 1. The topological polar surface area (TPSA) is 106 Å². The molecule has 4 N–H and O–H groups in total. The van der Waals surface area contributed by atoms with Crippen LogP contribution in [0.5, 0.6) is 17.2 Å². The summed E-state index contributed by atoms with van der Waals surface area (Å²) in [4.78, 5) is 4.43. The molecule has 8 heteroatoms. The summed E-state index contributed by atoms with van der Waals surface area (Å²) in [5.41, 5.74) is 7.64. The molecule has 3 aromatic rings. The zero-order valence-corrected chi connectivity index (χ0v) is 15.9. The standard InChI is InChI=1S/C18H19BrN4O3/c1-3-26-15-8-10(4-7-14(15)25-2)16(20)18-21-17(22-23-18)12-9-11(19)5-6-13(12)24/h4-9,16,24H,3,20H2,1-2H3,(H,21,22,23)/t16-/m1/s1. The number of nitrogens with one attached hydrogen (secondary N) is 1. The Hall–Kier alpha value is -2.58. The third kappa shape index (κ3) is 3.66. The highest BCUT2D eigenvalue weighted by molar-refractivity contribution is 9.10. The summed E-state index contributed by atoms with van der Waals surface area (Å²) in [5, 5.41) is 17.0. The molecule has 7 nitrogen and oxygen atoms in total. The second-order valence-corrected chi connectivity index (χ2v) is 6.44. The van der Waals surface area contributed by atoms with Gasteiger partial charge in [-0.1, -0.05) is 22.0 Å². The Bertz CT molecular complexity index is 913. The number of nitrogens with zero attached hydrogens (tertiary/aromatic N) is 2. The number of nitrogens with two attached hydrogens (primary N) is 1. The molecule has 0 unspecified atom stereocenters. The van der Waals surface area contributed by atoms with Crippen molar-refractivity contribution in [3.8, 4) is 28.6 Å². The van der Waals surface area contributed by atoms with E-state index in [-0.39, 0.29) is 5.75 Å². The van der Waals surface area contributed by atoms with E-state index >= 15 is 0 Å². The number of hydrogen-bond donors (Lipinski definition) is 3. The first kappa shape index (κ1) is 18.2. The monoisotopic (exact) mass is 418 g/mol. The maximum atomic E-state index is 10.0. The van der Waals surface area contributed by atoms with E-state index in [1.807, 2.05) is 19.1 Å². The van der Waals surface area contributed by atoms with Gasteiger partial charge >= 0.3 is 0 Å². The van der Waals surface area contributed by atoms with Gasteiger partial charge in [0.25, 0.3) is 0 Å². The minimum absolute atomic E-state index is 0.0930. The molecular weight excluding hydrogens is 400 g/mol. The van der Waals surface area contributed by atoms with Gasteiger partial charge in [-0.3, -0.25) is 5.10 Å². The zero-order valence-electron chi connectivity index (χ0n) is 14.4. The van der Waals surface area contributed by atoms with Gasteiger partial charge < -0.3 is 20.3 Å². The fourth-order valence-corrected chi connectivity index (χ4v) is 2.90. The number of aromatic amines is 1. The Morgan fingerprint density at radius 2 is 2.04 bits per heavy atom. The Labute approximate surface area is 159 Å². The van der Waals surface area contributed by atoms with Crippen molar-refractivity contribution in [1.29, 1.82) is 0 Å². The average molecular weight is 419 g/mol. The normalized spacial score (nSPS) is 12.0. The number of phenolic OH excluding ortho intramolecular Hbond substituents is 1. The molecular formula is C18H19BrN4O3. The number of halogens is 1. The summed E-state index contributed by atoms with van der Waals surface area (Å²) in [6.07, 6.45) is 0.